The molecule has 0 spiro atoms. The zero-order valence-electron chi connectivity index (χ0n) is 21.3. The Kier molecular flexibility index (Phi) is 9.11. The second-order valence-corrected chi connectivity index (χ2v) is 9.83. The first-order chi connectivity index (χ1) is 17.1. The molecule has 0 fully saturated rings. The Bertz CT molecular complexity index is 1080. The number of nitrogens with zero attached hydrogens (tertiary/aromatic N) is 2. The van der Waals surface area contributed by atoms with E-state index in [4.69, 9.17) is 4.84 Å². The van der Waals surface area contributed by atoms with Gasteiger partial charge in [0, 0.05) is 38.2 Å². The normalized spacial score (nSPS) is 17.7. The van der Waals surface area contributed by atoms with E-state index in [0.717, 1.165) is 11.3 Å². The molecule has 4 N–H and O–H groups in total. The van der Waals surface area contributed by atoms with Crippen LogP contribution < -0.4 is 15.5 Å². The van der Waals surface area contributed by atoms with E-state index in [1.807, 2.05) is 75.3 Å². The molecule has 0 aromatic heterocycles. The highest BCUT2D eigenvalue weighted by Gasteiger charge is 2.48. The molecule has 1 aliphatic heterocycles. The number of nitrogens with one attached hydrogen (secondary N) is 2. The molecule has 0 aliphatic carbocycles. The largest absolute Gasteiger partial charge is 0.475 e. The first-order valence-electron chi connectivity index (χ1n) is 12.1. The number of hydrogen-bond acceptors (Lipinski definition) is 7. The Balaban J connectivity index is 1.72. The molecular formula is C26H35BN4O5. The zero-order chi connectivity index (χ0) is 26.3. The van der Waals surface area contributed by atoms with Crippen molar-refractivity contribution in [1.29, 1.82) is 0 Å². The predicted molar refractivity (Wildman–Crippen MR) is 141 cm³/mol. The third-order valence-corrected chi connectivity index (χ3v) is 6.06. The van der Waals surface area contributed by atoms with Gasteiger partial charge in [-0.05, 0) is 36.1 Å². The van der Waals surface area contributed by atoms with Crippen LogP contribution in [0, 0.1) is 5.92 Å². The third-order valence-electron chi connectivity index (χ3n) is 6.06. The van der Waals surface area contributed by atoms with E-state index >= 15 is 0 Å². The molecule has 1 aliphatic rings. The Hall–Kier alpha value is -3.37. The van der Waals surface area contributed by atoms with E-state index in [-0.39, 0.29) is 31.2 Å². The molecule has 9 nitrogen and oxygen atoms in total. The summed E-state index contributed by atoms with van der Waals surface area (Å²) in [5.74, 6) is -1.44. The molecule has 0 radical (unpaired) electrons. The molecule has 2 aromatic rings. The summed E-state index contributed by atoms with van der Waals surface area (Å²) in [5.41, 5.74) is 1.45. The summed E-state index contributed by atoms with van der Waals surface area (Å²) in [6.45, 7) is 3.99. The summed E-state index contributed by atoms with van der Waals surface area (Å²) in [7, 11) is 2.10. The maximum atomic E-state index is 13.5. The average Bonchev–Trinajstić information content (AvgIpc) is 3.26. The second kappa shape index (κ2) is 12.1. The van der Waals surface area contributed by atoms with Crippen LogP contribution in [-0.4, -0.2) is 66.9 Å². The lowest BCUT2D eigenvalue weighted by molar-refractivity contribution is -0.144. The molecule has 36 heavy (non-hydrogen) atoms. The van der Waals surface area contributed by atoms with Crippen molar-refractivity contribution in [3.05, 3.63) is 65.7 Å². The van der Waals surface area contributed by atoms with Crippen LogP contribution in [0.25, 0.3) is 0 Å². The van der Waals surface area contributed by atoms with Crippen molar-refractivity contribution in [1.82, 2.24) is 10.6 Å². The molecular weight excluding hydrogens is 459 g/mol. The van der Waals surface area contributed by atoms with Crippen molar-refractivity contribution in [3.63, 3.8) is 0 Å². The van der Waals surface area contributed by atoms with Crippen LogP contribution in [-0.2, 0) is 16.1 Å². The summed E-state index contributed by atoms with van der Waals surface area (Å²) in [6.07, 6.45) is 0.781. The van der Waals surface area contributed by atoms with Crippen LogP contribution in [0.1, 0.15) is 42.6 Å². The number of carbonyl (C=O) groups excluding carboxylic acids is 2. The standard InChI is InChI=1S/C26H35BN4O5/c1-18(2)13-23(27(34)35)29-25(33)26(15-19-9-6-5-7-10-19)16-21(30-36-26)17-28-24(32)20-11-8-12-22(14-20)31(3)4/h5-12,14,18,23,34-35H,13,15-17H2,1-4H3,(H,28,32)(H,29,33). The van der Waals surface area contributed by atoms with Crippen LogP contribution in [0.5, 0.6) is 0 Å². The molecule has 3 rings (SSSR count). The Morgan fingerprint density at radius 2 is 1.86 bits per heavy atom. The summed E-state index contributed by atoms with van der Waals surface area (Å²) >= 11 is 0. The van der Waals surface area contributed by atoms with Crippen molar-refractivity contribution in [3.8, 4) is 0 Å². The summed E-state index contributed by atoms with van der Waals surface area (Å²) < 4.78 is 0. The summed E-state index contributed by atoms with van der Waals surface area (Å²) in [6, 6.07) is 16.7. The third kappa shape index (κ3) is 7.08. The predicted octanol–water partition coefficient (Wildman–Crippen LogP) is 1.78. The van der Waals surface area contributed by atoms with Crippen LogP contribution in [0.15, 0.2) is 59.8 Å². The highest BCUT2D eigenvalue weighted by atomic mass is 16.7. The molecule has 0 bridgehead atoms. The van der Waals surface area contributed by atoms with Crippen molar-refractivity contribution in [2.75, 3.05) is 25.5 Å². The Morgan fingerprint density at radius 1 is 1.14 bits per heavy atom. The van der Waals surface area contributed by atoms with Crippen molar-refractivity contribution in [2.45, 2.75) is 44.7 Å². The number of oxime groups is 1. The van der Waals surface area contributed by atoms with E-state index in [1.54, 1.807) is 12.1 Å². The van der Waals surface area contributed by atoms with Gasteiger partial charge in [-0.2, -0.15) is 0 Å². The van der Waals surface area contributed by atoms with Gasteiger partial charge < -0.3 is 30.4 Å². The molecule has 2 aromatic carbocycles. The maximum absolute atomic E-state index is 13.5. The molecule has 2 unspecified atom stereocenters. The lowest BCUT2D eigenvalue weighted by Crippen LogP contribution is -2.56. The molecule has 192 valence electrons. The van der Waals surface area contributed by atoms with E-state index in [0.29, 0.717) is 17.7 Å². The first-order valence-corrected chi connectivity index (χ1v) is 12.1. The fourth-order valence-electron chi connectivity index (χ4n) is 4.14. The van der Waals surface area contributed by atoms with Gasteiger partial charge in [0.1, 0.15) is 0 Å². The van der Waals surface area contributed by atoms with Crippen LogP contribution in [0.2, 0.25) is 0 Å². The maximum Gasteiger partial charge on any atom is 0.475 e. The number of rotatable bonds is 11. The van der Waals surface area contributed by atoms with Gasteiger partial charge in [0.05, 0.1) is 18.2 Å². The SMILES string of the molecule is CC(C)CC(NC(=O)C1(Cc2ccccc2)CC(CNC(=O)c2cccc(N(C)C)c2)=NO1)B(O)O. The van der Waals surface area contributed by atoms with Gasteiger partial charge in [0.2, 0.25) is 5.60 Å². The van der Waals surface area contributed by atoms with E-state index in [9.17, 15) is 19.6 Å². The summed E-state index contributed by atoms with van der Waals surface area (Å²) in [5, 5.41) is 29.4. The zero-order valence-corrected chi connectivity index (χ0v) is 21.3. The topological polar surface area (TPSA) is 123 Å². The van der Waals surface area contributed by atoms with Gasteiger partial charge in [0.15, 0.2) is 0 Å². The minimum absolute atomic E-state index is 0.118. The van der Waals surface area contributed by atoms with Crippen molar-refractivity contribution >= 4 is 30.3 Å². The quantitative estimate of drug-likeness (QED) is 0.353. The highest BCUT2D eigenvalue weighted by Crippen LogP contribution is 2.29. The second-order valence-electron chi connectivity index (χ2n) is 9.83. The molecule has 2 atom stereocenters. The fourth-order valence-corrected chi connectivity index (χ4v) is 4.14. The van der Waals surface area contributed by atoms with E-state index < -0.39 is 24.6 Å². The van der Waals surface area contributed by atoms with Crippen LogP contribution in [0.3, 0.4) is 0 Å². The highest BCUT2D eigenvalue weighted by molar-refractivity contribution is 6.43. The molecule has 2 amide bonds. The van der Waals surface area contributed by atoms with E-state index in [2.05, 4.69) is 15.8 Å². The van der Waals surface area contributed by atoms with Gasteiger partial charge in [-0.15, -0.1) is 0 Å². The van der Waals surface area contributed by atoms with Gasteiger partial charge >= 0.3 is 7.12 Å². The molecule has 0 saturated carbocycles. The van der Waals surface area contributed by atoms with E-state index in [1.165, 1.54) is 0 Å². The van der Waals surface area contributed by atoms with Crippen LogP contribution >= 0.6 is 0 Å². The number of anilines is 1. The first kappa shape index (κ1) is 27.2. The lowest BCUT2D eigenvalue weighted by Gasteiger charge is -2.29. The number of carbonyl (C=O) groups is 2. The van der Waals surface area contributed by atoms with Crippen LogP contribution in [0.4, 0.5) is 5.69 Å². The number of hydrogen-bond donors (Lipinski definition) is 4. The minimum Gasteiger partial charge on any atom is -0.426 e. The fraction of sp³-hybridized carbons (Fsp3) is 0.423. The van der Waals surface area contributed by atoms with Crippen molar-refractivity contribution in [2.24, 2.45) is 11.1 Å². The molecule has 1 heterocycles. The monoisotopic (exact) mass is 494 g/mol. The molecule has 10 heteroatoms. The average molecular weight is 494 g/mol. The van der Waals surface area contributed by atoms with Gasteiger partial charge in [-0.25, -0.2) is 0 Å². The van der Waals surface area contributed by atoms with Gasteiger partial charge in [-0.1, -0.05) is 55.4 Å². The van der Waals surface area contributed by atoms with Crippen molar-refractivity contribution < 1.29 is 24.5 Å². The van der Waals surface area contributed by atoms with Gasteiger partial charge in [-0.3, -0.25) is 9.59 Å². The Labute approximate surface area is 212 Å². The Morgan fingerprint density at radius 3 is 2.50 bits per heavy atom. The molecule has 0 saturated heterocycles. The number of benzene rings is 2. The lowest BCUT2D eigenvalue weighted by atomic mass is 9.74. The smallest absolute Gasteiger partial charge is 0.426 e. The minimum atomic E-state index is -1.70. The van der Waals surface area contributed by atoms with Gasteiger partial charge in [0.25, 0.3) is 11.8 Å². The number of amides is 2. The summed E-state index contributed by atoms with van der Waals surface area (Å²) in [4.78, 5) is 33.8.